The van der Waals surface area contributed by atoms with E-state index in [1.807, 2.05) is 0 Å². The normalized spacial score (nSPS) is 27.6. The van der Waals surface area contributed by atoms with Gasteiger partial charge in [0.05, 0.1) is 10.6 Å². The SMILES string of the molecule is O=C1COc2ccc(S(=O)(=O)N3CCCC4CCCCC43)cc2N1. The molecule has 2 aliphatic heterocycles. The summed E-state index contributed by atoms with van der Waals surface area (Å²) in [5.74, 6) is 0.744. The molecule has 4 rings (SSSR count). The molecule has 1 amide bonds. The van der Waals surface area contributed by atoms with Crippen LogP contribution in [0.2, 0.25) is 0 Å². The second-order valence-electron chi connectivity index (χ2n) is 6.86. The quantitative estimate of drug-likeness (QED) is 0.888. The number of hydrogen-bond donors (Lipinski definition) is 1. The summed E-state index contributed by atoms with van der Waals surface area (Å²) in [7, 11) is -3.56. The van der Waals surface area contributed by atoms with Crippen molar-refractivity contribution in [2.45, 2.75) is 49.5 Å². The van der Waals surface area contributed by atoms with Crippen molar-refractivity contribution in [3.63, 3.8) is 0 Å². The molecule has 1 aromatic rings. The molecule has 0 radical (unpaired) electrons. The summed E-state index contributed by atoms with van der Waals surface area (Å²) in [6.07, 6.45) is 6.44. The maximum atomic E-state index is 13.2. The highest BCUT2D eigenvalue weighted by Gasteiger charge is 2.40. The lowest BCUT2D eigenvalue weighted by molar-refractivity contribution is -0.118. The summed E-state index contributed by atoms with van der Waals surface area (Å²) < 4.78 is 33.4. The molecule has 2 fully saturated rings. The number of nitrogens with one attached hydrogen (secondary N) is 1. The lowest BCUT2D eigenvalue weighted by atomic mass is 9.79. The van der Waals surface area contributed by atoms with Crippen LogP contribution in [0.3, 0.4) is 0 Å². The van der Waals surface area contributed by atoms with Crippen molar-refractivity contribution in [3.05, 3.63) is 18.2 Å². The van der Waals surface area contributed by atoms with E-state index >= 15 is 0 Å². The average Bonchev–Trinajstić information content (AvgIpc) is 2.60. The van der Waals surface area contributed by atoms with Gasteiger partial charge in [-0.2, -0.15) is 4.31 Å². The molecule has 0 spiro atoms. The molecule has 2 unspecified atom stereocenters. The predicted molar refractivity (Wildman–Crippen MR) is 89.4 cm³/mol. The number of amides is 1. The maximum Gasteiger partial charge on any atom is 0.262 e. The molecule has 2 atom stereocenters. The third-order valence-corrected chi connectivity index (χ3v) is 7.30. The molecule has 130 valence electrons. The minimum Gasteiger partial charge on any atom is -0.482 e. The topological polar surface area (TPSA) is 75.7 Å². The zero-order chi connectivity index (χ0) is 16.7. The molecule has 6 nitrogen and oxygen atoms in total. The molecular weight excluding hydrogens is 328 g/mol. The number of carbonyl (C=O) groups is 1. The first-order valence-corrected chi connectivity index (χ1v) is 10.1. The van der Waals surface area contributed by atoms with Crippen LogP contribution in [-0.4, -0.2) is 37.8 Å². The summed E-state index contributed by atoms with van der Waals surface area (Å²) in [6, 6.07) is 4.86. The van der Waals surface area contributed by atoms with E-state index in [2.05, 4.69) is 5.32 Å². The zero-order valence-electron chi connectivity index (χ0n) is 13.5. The Morgan fingerprint density at radius 3 is 2.79 bits per heavy atom. The van der Waals surface area contributed by atoms with Crippen molar-refractivity contribution in [1.29, 1.82) is 0 Å². The molecular formula is C17H22N2O4S. The van der Waals surface area contributed by atoms with E-state index in [0.717, 1.165) is 32.1 Å². The number of ether oxygens (including phenoxy) is 1. The number of sulfonamides is 1. The Bertz CT molecular complexity index is 760. The molecule has 24 heavy (non-hydrogen) atoms. The fourth-order valence-corrected chi connectivity index (χ4v) is 6.02. The maximum absolute atomic E-state index is 13.2. The largest absolute Gasteiger partial charge is 0.482 e. The second kappa shape index (κ2) is 6.04. The first-order valence-electron chi connectivity index (χ1n) is 8.64. The minimum atomic E-state index is -3.56. The van der Waals surface area contributed by atoms with Crippen molar-refractivity contribution in [2.24, 2.45) is 5.92 Å². The van der Waals surface area contributed by atoms with Gasteiger partial charge < -0.3 is 10.1 Å². The van der Waals surface area contributed by atoms with E-state index < -0.39 is 10.0 Å². The number of benzene rings is 1. The number of carbonyl (C=O) groups excluding carboxylic acids is 1. The van der Waals surface area contributed by atoms with Crippen molar-refractivity contribution in [2.75, 3.05) is 18.5 Å². The average molecular weight is 350 g/mol. The van der Waals surface area contributed by atoms with Crippen LogP contribution < -0.4 is 10.1 Å². The fraction of sp³-hybridized carbons (Fsp3) is 0.588. The summed E-state index contributed by atoms with van der Waals surface area (Å²) in [6.45, 7) is 0.554. The van der Waals surface area contributed by atoms with Crippen molar-refractivity contribution in [3.8, 4) is 5.75 Å². The molecule has 0 aromatic heterocycles. The van der Waals surface area contributed by atoms with Crippen LogP contribution in [0.15, 0.2) is 23.1 Å². The van der Waals surface area contributed by atoms with E-state index in [4.69, 9.17) is 4.74 Å². The van der Waals surface area contributed by atoms with Crippen molar-refractivity contribution < 1.29 is 17.9 Å². The minimum absolute atomic E-state index is 0.0328. The number of anilines is 1. The number of hydrogen-bond acceptors (Lipinski definition) is 4. The Morgan fingerprint density at radius 1 is 1.12 bits per heavy atom. The number of nitrogens with zero attached hydrogens (tertiary/aromatic N) is 1. The van der Waals surface area contributed by atoms with Gasteiger partial charge in [-0.1, -0.05) is 12.8 Å². The van der Waals surface area contributed by atoms with Crippen molar-refractivity contribution in [1.82, 2.24) is 4.31 Å². The van der Waals surface area contributed by atoms with E-state index in [1.54, 1.807) is 16.4 Å². The molecule has 1 aromatic carbocycles. The predicted octanol–water partition coefficient (Wildman–Crippen LogP) is 2.36. The lowest BCUT2D eigenvalue weighted by Crippen LogP contribution is -2.49. The van der Waals surface area contributed by atoms with Gasteiger partial charge in [-0.15, -0.1) is 0 Å². The highest BCUT2D eigenvalue weighted by atomic mass is 32.2. The van der Waals surface area contributed by atoms with Gasteiger partial charge in [-0.25, -0.2) is 8.42 Å². The van der Waals surface area contributed by atoms with Crippen LogP contribution in [0.5, 0.6) is 5.75 Å². The monoisotopic (exact) mass is 350 g/mol. The van der Waals surface area contributed by atoms with Crippen LogP contribution in [0.25, 0.3) is 0 Å². The highest BCUT2D eigenvalue weighted by Crippen LogP contribution is 2.39. The van der Waals surface area contributed by atoms with Gasteiger partial charge in [-0.3, -0.25) is 4.79 Å². The first kappa shape index (κ1) is 15.9. The van der Waals surface area contributed by atoms with E-state index in [0.29, 0.717) is 23.9 Å². The first-order chi connectivity index (χ1) is 11.6. The summed E-state index contributed by atoms with van der Waals surface area (Å²) in [4.78, 5) is 11.7. The smallest absolute Gasteiger partial charge is 0.262 e. The van der Waals surface area contributed by atoms with E-state index in [-0.39, 0.29) is 23.5 Å². The van der Waals surface area contributed by atoms with Gasteiger partial charge in [0.25, 0.3) is 5.91 Å². The standard InChI is InChI=1S/C17H22N2O4S/c20-17-11-23-16-8-7-13(10-14(16)18-17)24(21,22)19-9-3-5-12-4-1-2-6-15(12)19/h7-8,10,12,15H,1-6,9,11H2,(H,18,20). The highest BCUT2D eigenvalue weighted by molar-refractivity contribution is 7.89. The lowest BCUT2D eigenvalue weighted by Gasteiger charge is -2.43. The van der Waals surface area contributed by atoms with Gasteiger partial charge >= 0.3 is 0 Å². The van der Waals surface area contributed by atoms with E-state index in [1.165, 1.54) is 12.5 Å². The Morgan fingerprint density at radius 2 is 1.92 bits per heavy atom. The Hall–Kier alpha value is -1.60. The van der Waals surface area contributed by atoms with Crippen LogP contribution in [0.1, 0.15) is 38.5 Å². The van der Waals surface area contributed by atoms with Gasteiger partial charge in [0, 0.05) is 12.6 Å². The molecule has 1 aliphatic carbocycles. The number of fused-ring (bicyclic) bond motifs is 2. The fourth-order valence-electron chi connectivity index (χ4n) is 4.24. The van der Waals surface area contributed by atoms with Crippen LogP contribution in [0, 0.1) is 5.92 Å². The number of piperidine rings is 1. The van der Waals surface area contributed by atoms with Gasteiger partial charge in [-0.05, 0) is 49.8 Å². The van der Waals surface area contributed by atoms with Crippen LogP contribution >= 0.6 is 0 Å². The second-order valence-corrected chi connectivity index (χ2v) is 8.76. The van der Waals surface area contributed by atoms with Gasteiger partial charge in [0.15, 0.2) is 6.61 Å². The summed E-state index contributed by atoms with van der Waals surface area (Å²) >= 11 is 0. The van der Waals surface area contributed by atoms with Crippen LogP contribution in [0.4, 0.5) is 5.69 Å². The molecule has 1 N–H and O–H groups in total. The van der Waals surface area contributed by atoms with Crippen LogP contribution in [-0.2, 0) is 14.8 Å². The summed E-state index contributed by atoms with van der Waals surface area (Å²) in [5, 5.41) is 2.68. The number of rotatable bonds is 2. The molecule has 2 heterocycles. The van der Waals surface area contributed by atoms with Gasteiger partial charge in [0.2, 0.25) is 10.0 Å². The Labute approximate surface area is 142 Å². The molecule has 0 bridgehead atoms. The van der Waals surface area contributed by atoms with E-state index in [9.17, 15) is 13.2 Å². The Kier molecular flexibility index (Phi) is 4.00. The molecule has 3 aliphatic rings. The van der Waals surface area contributed by atoms with Crippen molar-refractivity contribution >= 4 is 21.6 Å². The molecule has 1 saturated carbocycles. The Balaban J connectivity index is 1.67. The molecule has 7 heteroatoms. The van der Waals surface area contributed by atoms with Gasteiger partial charge in [0.1, 0.15) is 5.75 Å². The molecule has 1 saturated heterocycles. The third kappa shape index (κ3) is 2.69. The zero-order valence-corrected chi connectivity index (χ0v) is 14.3. The summed E-state index contributed by atoms with van der Waals surface area (Å²) in [5.41, 5.74) is 0.435. The third-order valence-electron chi connectivity index (χ3n) is 5.38.